The molecule has 44 heavy (non-hydrogen) atoms. The van der Waals surface area contributed by atoms with Crippen molar-refractivity contribution in [2.45, 2.75) is 51.5 Å². The van der Waals surface area contributed by atoms with Gasteiger partial charge in [-0.05, 0) is 73.7 Å². The third kappa shape index (κ3) is 6.39. The molecule has 12 heteroatoms. The molecular weight excluding hydrogens is 580 g/mol. The molecule has 1 amide bonds. The minimum absolute atomic E-state index is 0.0697. The number of nitrogens with one attached hydrogen (secondary N) is 2. The summed E-state index contributed by atoms with van der Waals surface area (Å²) in [7, 11) is -1.85. The van der Waals surface area contributed by atoms with Gasteiger partial charge in [0.05, 0.1) is 18.0 Å². The maximum atomic E-state index is 13.6. The van der Waals surface area contributed by atoms with Gasteiger partial charge in [0.25, 0.3) is 0 Å². The van der Waals surface area contributed by atoms with E-state index in [1.807, 2.05) is 44.2 Å². The lowest BCUT2D eigenvalue weighted by Crippen LogP contribution is -2.37. The molecule has 236 valence electrons. The lowest BCUT2D eigenvalue weighted by molar-refractivity contribution is -0.121. The maximum Gasteiger partial charge on any atom is 0.248 e. The number of anilines is 2. The van der Waals surface area contributed by atoms with E-state index in [1.165, 1.54) is 16.6 Å². The van der Waals surface area contributed by atoms with Gasteiger partial charge in [-0.2, -0.15) is 4.31 Å². The summed E-state index contributed by atoms with van der Waals surface area (Å²) in [6.45, 7) is 11.0. The van der Waals surface area contributed by atoms with Gasteiger partial charge in [0.2, 0.25) is 21.8 Å². The third-order valence-corrected chi connectivity index (χ3v) is 10.1. The number of nitrogens with zero attached hydrogens (tertiary/aromatic N) is 4. The molecule has 5 rings (SSSR count). The van der Waals surface area contributed by atoms with Crippen LogP contribution in [0, 0.1) is 13.8 Å². The Labute approximate surface area is 260 Å². The van der Waals surface area contributed by atoms with Gasteiger partial charge in [0, 0.05) is 58.4 Å². The molecule has 2 aromatic carbocycles. The van der Waals surface area contributed by atoms with Crippen LogP contribution in [0.1, 0.15) is 54.0 Å². The number of rotatable bonds is 11. The molecule has 0 saturated heterocycles. The first kappa shape index (κ1) is 31.7. The highest BCUT2D eigenvalue weighted by molar-refractivity contribution is 7.89. The molecule has 2 aliphatic heterocycles. The van der Waals surface area contributed by atoms with E-state index in [0.717, 1.165) is 45.7 Å². The third-order valence-electron chi connectivity index (χ3n) is 8.29. The van der Waals surface area contributed by atoms with Crippen molar-refractivity contribution in [3.63, 3.8) is 0 Å². The monoisotopic (exact) mass is 622 g/mol. The van der Waals surface area contributed by atoms with Gasteiger partial charge >= 0.3 is 0 Å². The van der Waals surface area contributed by atoms with E-state index in [2.05, 4.69) is 46.7 Å². The van der Waals surface area contributed by atoms with E-state index in [9.17, 15) is 13.2 Å². The molecule has 0 unspecified atom stereocenters. The van der Waals surface area contributed by atoms with E-state index in [-0.39, 0.29) is 48.7 Å². The SMILES string of the molecule is CCOCCNC(=O)C[C@@H](c1ccc(C)c(CN2CCOc3ncccc3S2(=O)=O)c1)c1ccc2c(c1C)NN(C)N2CC. The minimum atomic E-state index is -3.83. The fraction of sp³-hybridized carbons (Fsp3) is 0.438. The number of benzene rings is 2. The Bertz CT molecular complexity index is 1610. The van der Waals surface area contributed by atoms with Gasteiger partial charge in [0.15, 0.2) is 0 Å². The van der Waals surface area contributed by atoms with Gasteiger partial charge in [-0.15, -0.1) is 5.12 Å². The fourth-order valence-electron chi connectivity index (χ4n) is 5.90. The topological polar surface area (TPSA) is 116 Å². The number of hydrogen-bond donors (Lipinski definition) is 2. The number of pyridine rings is 1. The molecule has 11 nitrogen and oxygen atoms in total. The zero-order chi connectivity index (χ0) is 31.4. The van der Waals surface area contributed by atoms with Crippen LogP contribution in [0.4, 0.5) is 11.4 Å². The van der Waals surface area contributed by atoms with Crippen LogP contribution >= 0.6 is 0 Å². The average molecular weight is 623 g/mol. The van der Waals surface area contributed by atoms with Crippen LogP contribution in [0.15, 0.2) is 53.6 Å². The number of sulfonamides is 1. The molecule has 3 aromatic rings. The highest BCUT2D eigenvalue weighted by Gasteiger charge is 2.33. The van der Waals surface area contributed by atoms with Crippen molar-refractivity contribution < 1.29 is 22.7 Å². The molecule has 0 spiro atoms. The van der Waals surface area contributed by atoms with Crippen LogP contribution in [0.2, 0.25) is 0 Å². The Balaban J connectivity index is 1.50. The fourth-order valence-corrected chi connectivity index (χ4v) is 7.39. The summed E-state index contributed by atoms with van der Waals surface area (Å²) < 4.78 is 39.8. The predicted octanol–water partition coefficient (Wildman–Crippen LogP) is 3.97. The van der Waals surface area contributed by atoms with Crippen molar-refractivity contribution in [1.82, 2.24) is 19.7 Å². The Kier molecular flexibility index (Phi) is 9.74. The van der Waals surface area contributed by atoms with Gasteiger partial charge in [-0.3, -0.25) is 15.2 Å². The molecule has 3 heterocycles. The van der Waals surface area contributed by atoms with Crippen molar-refractivity contribution >= 4 is 27.3 Å². The summed E-state index contributed by atoms with van der Waals surface area (Å²) in [4.78, 5) is 17.5. The summed E-state index contributed by atoms with van der Waals surface area (Å²) in [5, 5.41) is 7.13. The Morgan fingerprint density at radius 2 is 2.00 bits per heavy atom. The number of aryl methyl sites for hydroxylation is 1. The van der Waals surface area contributed by atoms with Crippen LogP contribution in [0.3, 0.4) is 0 Å². The van der Waals surface area contributed by atoms with Gasteiger partial charge < -0.3 is 14.8 Å². The first-order chi connectivity index (χ1) is 21.1. The maximum absolute atomic E-state index is 13.6. The van der Waals surface area contributed by atoms with Crippen molar-refractivity contribution in [3.8, 4) is 5.88 Å². The summed E-state index contributed by atoms with van der Waals surface area (Å²) in [5.41, 5.74) is 10.4. The molecule has 1 aromatic heterocycles. The predicted molar refractivity (Wildman–Crippen MR) is 170 cm³/mol. The second-order valence-electron chi connectivity index (χ2n) is 11.0. The molecule has 0 fully saturated rings. The number of fused-ring (bicyclic) bond motifs is 2. The summed E-state index contributed by atoms with van der Waals surface area (Å²) in [5.74, 6) is -0.208. The highest BCUT2D eigenvalue weighted by atomic mass is 32.2. The first-order valence-corrected chi connectivity index (χ1v) is 16.5. The molecule has 1 atom stereocenters. The second kappa shape index (κ2) is 13.5. The summed E-state index contributed by atoms with van der Waals surface area (Å²) in [6, 6.07) is 13.4. The molecule has 0 saturated carbocycles. The number of hydrogen-bond acceptors (Lipinski definition) is 9. The minimum Gasteiger partial charge on any atom is -0.475 e. The van der Waals surface area contributed by atoms with Crippen LogP contribution in [0.25, 0.3) is 0 Å². The van der Waals surface area contributed by atoms with Crippen LogP contribution in [-0.4, -0.2) is 75.2 Å². The molecule has 2 aliphatic rings. The van der Waals surface area contributed by atoms with E-state index >= 15 is 0 Å². The van der Waals surface area contributed by atoms with Crippen LogP contribution < -0.4 is 20.5 Å². The van der Waals surface area contributed by atoms with E-state index in [0.29, 0.717) is 19.8 Å². The molecule has 2 N–H and O–H groups in total. The summed E-state index contributed by atoms with van der Waals surface area (Å²) in [6.07, 6.45) is 1.76. The molecule has 0 radical (unpaired) electrons. The van der Waals surface area contributed by atoms with E-state index in [4.69, 9.17) is 9.47 Å². The quantitative estimate of drug-likeness (QED) is 0.307. The largest absolute Gasteiger partial charge is 0.475 e. The van der Waals surface area contributed by atoms with Crippen LogP contribution in [0.5, 0.6) is 5.88 Å². The zero-order valence-corrected chi connectivity index (χ0v) is 26.9. The van der Waals surface area contributed by atoms with E-state index < -0.39 is 10.0 Å². The Morgan fingerprint density at radius 1 is 1.18 bits per heavy atom. The van der Waals surface area contributed by atoms with Crippen molar-refractivity contribution in [2.75, 3.05) is 56.9 Å². The van der Waals surface area contributed by atoms with Crippen molar-refractivity contribution in [2.24, 2.45) is 0 Å². The lowest BCUT2D eigenvalue weighted by atomic mass is 9.83. The summed E-state index contributed by atoms with van der Waals surface area (Å²) >= 11 is 0. The molecular formula is C32H42N6O5S. The zero-order valence-electron chi connectivity index (χ0n) is 26.1. The van der Waals surface area contributed by atoms with Gasteiger partial charge in [-0.25, -0.2) is 13.4 Å². The normalized spacial score (nSPS) is 16.8. The molecule has 0 aliphatic carbocycles. The molecule has 0 bridgehead atoms. The van der Waals surface area contributed by atoms with Crippen LogP contribution in [-0.2, 0) is 26.1 Å². The number of amides is 1. The number of hydrazine groups is 2. The first-order valence-electron chi connectivity index (χ1n) is 15.1. The highest BCUT2D eigenvalue weighted by Crippen LogP contribution is 2.42. The average Bonchev–Trinajstić information content (AvgIpc) is 3.28. The van der Waals surface area contributed by atoms with Gasteiger partial charge in [-0.1, -0.05) is 24.3 Å². The lowest BCUT2D eigenvalue weighted by Gasteiger charge is -2.25. The number of carbonyl (C=O) groups excluding carboxylic acids is 1. The Morgan fingerprint density at radius 3 is 2.77 bits per heavy atom. The van der Waals surface area contributed by atoms with Crippen molar-refractivity contribution in [3.05, 3.63) is 76.5 Å². The smallest absolute Gasteiger partial charge is 0.248 e. The van der Waals surface area contributed by atoms with Crippen molar-refractivity contribution in [1.29, 1.82) is 0 Å². The number of aromatic nitrogens is 1. The number of ether oxygens (including phenoxy) is 2. The standard InChI is InChI=1S/C32H42N6O5S/c1-6-38-28-13-12-26(23(4)31(28)35-36(38)5)27(20-30(39)33-15-17-42-7-2)24-11-10-22(3)25(19-24)21-37-16-18-43-32-29(44(37,40)41)9-8-14-34-32/h8-14,19,27,35H,6-7,15-18,20-21H2,1-5H3,(H,33,39)/t27-/m0/s1. The number of carbonyl (C=O) groups is 1. The van der Waals surface area contributed by atoms with E-state index in [1.54, 1.807) is 6.07 Å². The second-order valence-corrected chi connectivity index (χ2v) is 12.9. The van der Waals surface area contributed by atoms with Gasteiger partial charge in [0.1, 0.15) is 11.5 Å². The Hall–Kier alpha value is -3.71.